The van der Waals surface area contributed by atoms with Gasteiger partial charge in [0.05, 0.1) is 15.6 Å². The predicted molar refractivity (Wildman–Crippen MR) is 103 cm³/mol. The second kappa shape index (κ2) is 9.36. The highest BCUT2D eigenvalue weighted by molar-refractivity contribution is 6.34. The van der Waals surface area contributed by atoms with Crippen molar-refractivity contribution in [2.45, 2.75) is 13.3 Å². The Bertz CT molecular complexity index is 935. The van der Waals surface area contributed by atoms with Gasteiger partial charge in [-0.05, 0) is 30.5 Å². The first-order valence-electron chi connectivity index (χ1n) is 8.06. The van der Waals surface area contributed by atoms with Crippen molar-refractivity contribution in [1.82, 2.24) is 5.32 Å². The number of nitrogens with zero attached hydrogens (tertiary/aromatic N) is 2. The molecule has 2 rings (SSSR count). The number of nitro benzene ring substituents is 1. The molecule has 0 heterocycles. The number of nitriles is 1. The minimum absolute atomic E-state index is 0.0666. The van der Waals surface area contributed by atoms with Crippen LogP contribution in [0.3, 0.4) is 0 Å². The molecule has 2 aromatic rings. The lowest BCUT2D eigenvalue weighted by molar-refractivity contribution is -0.384. The van der Waals surface area contributed by atoms with Crippen molar-refractivity contribution >= 4 is 28.9 Å². The molecule has 0 radical (unpaired) electrons. The Balaban J connectivity index is 2.00. The quantitative estimate of drug-likeness (QED) is 0.248. The van der Waals surface area contributed by atoms with E-state index >= 15 is 0 Å². The van der Waals surface area contributed by atoms with E-state index in [4.69, 9.17) is 11.6 Å². The Morgan fingerprint density at radius 2 is 2.07 bits per heavy atom. The van der Waals surface area contributed by atoms with Crippen molar-refractivity contribution in [1.29, 1.82) is 5.26 Å². The van der Waals surface area contributed by atoms with Crippen molar-refractivity contribution in [3.63, 3.8) is 0 Å². The molecule has 0 saturated heterocycles. The van der Waals surface area contributed by atoms with Crippen LogP contribution in [-0.2, 0) is 11.2 Å². The van der Waals surface area contributed by atoms with Gasteiger partial charge in [-0.25, -0.2) is 0 Å². The molecular formula is C19H17ClN4O3. The van der Waals surface area contributed by atoms with Crippen LogP contribution < -0.4 is 10.6 Å². The van der Waals surface area contributed by atoms with Gasteiger partial charge in [-0.2, -0.15) is 5.26 Å². The zero-order valence-electron chi connectivity index (χ0n) is 14.5. The van der Waals surface area contributed by atoms with E-state index < -0.39 is 10.8 Å². The highest BCUT2D eigenvalue weighted by Gasteiger charge is 2.14. The fourth-order valence-electron chi connectivity index (χ4n) is 2.33. The largest absolute Gasteiger partial charge is 0.389 e. The maximum absolute atomic E-state index is 12.2. The van der Waals surface area contributed by atoms with Crippen LogP contribution in [0.1, 0.15) is 11.1 Å². The Hall–Kier alpha value is -3.37. The maximum Gasteiger partial charge on any atom is 0.271 e. The predicted octanol–water partition coefficient (Wildman–Crippen LogP) is 3.73. The van der Waals surface area contributed by atoms with Gasteiger partial charge < -0.3 is 10.6 Å². The molecule has 0 spiro atoms. The zero-order valence-corrected chi connectivity index (χ0v) is 15.3. The summed E-state index contributed by atoms with van der Waals surface area (Å²) < 4.78 is 0. The fraction of sp³-hybridized carbons (Fsp3) is 0.158. The third-order valence-corrected chi connectivity index (χ3v) is 4.15. The summed E-state index contributed by atoms with van der Waals surface area (Å²) in [6.07, 6.45) is 2.05. The number of hydrogen-bond donors (Lipinski definition) is 2. The lowest BCUT2D eigenvalue weighted by Crippen LogP contribution is -2.18. The van der Waals surface area contributed by atoms with E-state index in [-0.39, 0.29) is 22.0 Å². The molecule has 27 heavy (non-hydrogen) atoms. The summed E-state index contributed by atoms with van der Waals surface area (Å²) in [6.45, 7) is 2.56. The second-order valence-corrected chi connectivity index (χ2v) is 6.08. The van der Waals surface area contributed by atoms with Crippen LogP contribution in [0, 0.1) is 28.4 Å². The number of anilines is 1. The molecule has 0 saturated carbocycles. The van der Waals surface area contributed by atoms with Crippen molar-refractivity contribution in [2.75, 3.05) is 11.9 Å². The molecule has 0 aliphatic heterocycles. The van der Waals surface area contributed by atoms with Crippen molar-refractivity contribution in [3.05, 3.63) is 80.5 Å². The van der Waals surface area contributed by atoms with Crippen molar-refractivity contribution in [3.8, 4) is 6.07 Å². The van der Waals surface area contributed by atoms with Gasteiger partial charge in [0.2, 0.25) is 0 Å². The lowest BCUT2D eigenvalue weighted by Gasteiger charge is -2.08. The lowest BCUT2D eigenvalue weighted by atomic mass is 10.1. The van der Waals surface area contributed by atoms with E-state index in [1.54, 1.807) is 6.07 Å². The summed E-state index contributed by atoms with van der Waals surface area (Å²) in [5.74, 6) is -0.705. The minimum atomic E-state index is -0.705. The van der Waals surface area contributed by atoms with Crippen LogP contribution >= 0.6 is 11.6 Å². The van der Waals surface area contributed by atoms with Gasteiger partial charge in [0, 0.05) is 24.9 Å². The van der Waals surface area contributed by atoms with Gasteiger partial charge in [0.1, 0.15) is 11.6 Å². The third-order valence-electron chi connectivity index (χ3n) is 3.82. The number of nitrogens with one attached hydrogen (secondary N) is 2. The molecule has 2 N–H and O–H groups in total. The fourth-order valence-corrected chi connectivity index (χ4v) is 2.50. The Kier molecular flexibility index (Phi) is 6.92. The molecule has 138 valence electrons. The van der Waals surface area contributed by atoms with Crippen molar-refractivity contribution in [2.24, 2.45) is 0 Å². The smallest absolute Gasteiger partial charge is 0.271 e. The highest BCUT2D eigenvalue weighted by atomic mass is 35.5. The average molecular weight is 385 g/mol. The van der Waals surface area contributed by atoms with Crippen LogP contribution in [0.5, 0.6) is 0 Å². The van der Waals surface area contributed by atoms with E-state index in [2.05, 4.69) is 10.6 Å². The number of amides is 1. The molecule has 0 fully saturated rings. The van der Waals surface area contributed by atoms with Crippen LogP contribution in [0.15, 0.2) is 54.2 Å². The molecule has 8 heteroatoms. The second-order valence-electron chi connectivity index (χ2n) is 5.68. The summed E-state index contributed by atoms with van der Waals surface area (Å²) >= 11 is 5.95. The highest BCUT2D eigenvalue weighted by Crippen LogP contribution is 2.26. The summed E-state index contributed by atoms with van der Waals surface area (Å²) in [7, 11) is 0. The Morgan fingerprint density at radius 3 is 2.74 bits per heavy atom. The summed E-state index contributed by atoms with van der Waals surface area (Å²) in [5, 5.41) is 25.5. The molecule has 0 aliphatic rings. The molecule has 0 bridgehead atoms. The number of carbonyl (C=O) groups is 1. The van der Waals surface area contributed by atoms with E-state index in [1.165, 1.54) is 29.5 Å². The zero-order chi connectivity index (χ0) is 19.8. The molecule has 0 unspecified atom stereocenters. The Labute approximate surface area is 161 Å². The van der Waals surface area contributed by atoms with E-state index in [9.17, 15) is 20.2 Å². The first kappa shape index (κ1) is 19.9. The molecule has 0 aromatic heterocycles. The van der Waals surface area contributed by atoms with Crippen LogP contribution in [0.4, 0.5) is 11.4 Å². The van der Waals surface area contributed by atoms with Gasteiger partial charge >= 0.3 is 0 Å². The number of halogens is 1. The standard InChI is InChI=1S/C19H17ClN4O3/c1-13-4-2-3-5-14(13)8-9-22-12-15(11-21)19(25)23-18-10-16(24(26)27)6-7-17(18)20/h2-7,10,12,22H,8-9H2,1H3,(H,23,25)/b15-12-. The first-order valence-corrected chi connectivity index (χ1v) is 8.43. The third kappa shape index (κ3) is 5.56. The van der Waals surface area contributed by atoms with E-state index in [1.807, 2.05) is 31.2 Å². The molecule has 0 atom stereocenters. The van der Waals surface area contributed by atoms with E-state index in [0.29, 0.717) is 6.54 Å². The van der Waals surface area contributed by atoms with Crippen LogP contribution in [-0.4, -0.2) is 17.4 Å². The van der Waals surface area contributed by atoms with E-state index in [0.717, 1.165) is 12.5 Å². The summed E-state index contributed by atoms with van der Waals surface area (Å²) in [4.78, 5) is 22.5. The van der Waals surface area contributed by atoms with Crippen molar-refractivity contribution < 1.29 is 9.72 Å². The maximum atomic E-state index is 12.2. The molecular weight excluding hydrogens is 368 g/mol. The summed E-state index contributed by atoms with van der Waals surface area (Å²) in [6, 6.07) is 13.4. The van der Waals surface area contributed by atoms with Crippen LogP contribution in [0.2, 0.25) is 5.02 Å². The molecule has 0 aliphatic carbocycles. The monoisotopic (exact) mass is 384 g/mol. The number of hydrogen-bond acceptors (Lipinski definition) is 5. The summed E-state index contributed by atoms with van der Waals surface area (Å²) in [5.41, 5.74) is 2.03. The molecule has 7 nitrogen and oxygen atoms in total. The normalized spacial score (nSPS) is 10.8. The van der Waals surface area contributed by atoms with Gasteiger partial charge in [0.15, 0.2) is 0 Å². The molecule has 2 aromatic carbocycles. The van der Waals surface area contributed by atoms with Gasteiger partial charge in [0.25, 0.3) is 11.6 Å². The number of benzene rings is 2. The van der Waals surface area contributed by atoms with Crippen LogP contribution in [0.25, 0.3) is 0 Å². The first-order chi connectivity index (χ1) is 12.9. The topological polar surface area (TPSA) is 108 Å². The number of aryl methyl sites for hydroxylation is 1. The minimum Gasteiger partial charge on any atom is -0.389 e. The average Bonchev–Trinajstić information content (AvgIpc) is 2.64. The SMILES string of the molecule is Cc1ccccc1CCN/C=C(/C#N)C(=O)Nc1cc([N+](=O)[O-])ccc1Cl. The van der Waals surface area contributed by atoms with Gasteiger partial charge in [-0.15, -0.1) is 0 Å². The Morgan fingerprint density at radius 1 is 1.33 bits per heavy atom. The van der Waals surface area contributed by atoms with Gasteiger partial charge in [-0.3, -0.25) is 14.9 Å². The number of non-ortho nitro benzene ring substituents is 1. The number of rotatable bonds is 7. The molecule has 1 amide bonds. The number of nitro groups is 1. The van der Waals surface area contributed by atoms with Gasteiger partial charge in [-0.1, -0.05) is 35.9 Å². The number of carbonyl (C=O) groups excluding carboxylic acids is 1.